The van der Waals surface area contributed by atoms with E-state index in [0.717, 1.165) is 38.8 Å². The highest BCUT2D eigenvalue weighted by Gasteiger charge is 2.40. The highest BCUT2D eigenvalue weighted by atomic mass is 16.2. The molecule has 4 nitrogen and oxygen atoms in total. The fourth-order valence-electron chi connectivity index (χ4n) is 3.04. The van der Waals surface area contributed by atoms with Crippen molar-refractivity contribution in [3.8, 4) is 0 Å². The van der Waals surface area contributed by atoms with Crippen molar-refractivity contribution in [1.82, 2.24) is 9.80 Å². The number of rotatable bonds is 5. The van der Waals surface area contributed by atoms with Crippen LogP contribution in [0, 0.1) is 17.3 Å². The van der Waals surface area contributed by atoms with Gasteiger partial charge in [-0.05, 0) is 26.9 Å². The van der Waals surface area contributed by atoms with Gasteiger partial charge in [0.25, 0.3) is 0 Å². The van der Waals surface area contributed by atoms with Gasteiger partial charge in [-0.2, -0.15) is 0 Å². The van der Waals surface area contributed by atoms with Crippen molar-refractivity contribution in [2.24, 2.45) is 17.3 Å². The Kier molecular flexibility index (Phi) is 6.39. The van der Waals surface area contributed by atoms with Gasteiger partial charge in [0, 0.05) is 37.4 Å². The third kappa shape index (κ3) is 5.10. The lowest BCUT2D eigenvalue weighted by atomic mass is 9.70. The highest BCUT2D eigenvalue weighted by molar-refractivity contribution is 5.91. The molecule has 0 heterocycles. The first kappa shape index (κ1) is 18.1. The molecule has 0 spiro atoms. The van der Waals surface area contributed by atoms with Gasteiger partial charge in [-0.15, -0.1) is 0 Å². The molecule has 1 amide bonds. The summed E-state index contributed by atoms with van der Waals surface area (Å²) in [5.41, 5.74) is -0.358. The average molecular weight is 296 g/mol. The Labute approximate surface area is 129 Å². The van der Waals surface area contributed by atoms with Crippen molar-refractivity contribution in [3.05, 3.63) is 0 Å². The number of hydrogen-bond acceptors (Lipinski definition) is 3. The summed E-state index contributed by atoms with van der Waals surface area (Å²) in [5, 5.41) is 0. The van der Waals surface area contributed by atoms with Crippen molar-refractivity contribution < 1.29 is 9.59 Å². The number of ketones is 1. The first-order chi connectivity index (χ1) is 9.64. The van der Waals surface area contributed by atoms with Crippen LogP contribution in [-0.2, 0) is 9.59 Å². The van der Waals surface area contributed by atoms with E-state index in [4.69, 9.17) is 0 Å². The van der Waals surface area contributed by atoms with E-state index in [1.165, 1.54) is 0 Å². The minimum absolute atomic E-state index is 0.0898. The maximum Gasteiger partial charge on any atom is 0.226 e. The zero-order valence-electron chi connectivity index (χ0n) is 14.6. The summed E-state index contributed by atoms with van der Waals surface area (Å²) in [6, 6.07) is 0. The molecule has 4 heteroatoms. The van der Waals surface area contributed by atoms with Crippen molar-refractivity contribution in [2.75, 3.05) is 34.2 Å². The molecule has 0 radical (unpaired) electrons. The van der Waals surface area contributed by atoms with Gasteiger partial charge in [0.2, 0.25) is 5.91 Å². The molecule has 1 saturated carbocycles. The van der Waals surface area contributed by atoms with E-state index >= 15 is 0 Å². The molecule has 1 fully saturated rings. The Morgan fingerprint density at radius 1 is 0.952 bits per heavy atom. The van der Waals surface area contributed by atoms with Crippen LogP contribution in [0.4, 0.5) is 0 Å². The lowest BCUT2D eigenvalue weighted by Crippen LogP contribution is -2.45. The number of carbonyl (C=O) groups excluding carboxylic acids is 2. The van der Waals surface area contributed by atoms with Crippen LogP contribution < -0.4 is 0 Å². The van der Waals surface area contributed by atoms with E-state index in [0.29, 0.717) is 0 Å². The summed E-state index contributed by atoms with van der Waals surface area (Å²) in [6.45, 7) is 7.45. The summed E-state index contributed by atoms with van der Waals surface area (Å²) in [6.07, 6.45) is 3.86. The van der Waals surface area contributed by atoms with E-state index in [2.05, 4.69) is 4.90 Å². The molecule has 0 aromatic rings. The van der Waals surface area contributed by atoms with Crippen LogP contribution in [0.3, 0.4) is 0 Å². The van der Waals surface area contributed by atoms with Crippen LogP contribution in [0.1, 0.15) is 46.5 Å². The van der Waals surface area contributed by atoms with Crippen molar-refractivity contribution in [3.63, 3.8) is 0 Å². The number of likely N-dealkylation sites (N-methyl/N-ethyl adjacent to an activating group) is 2. The maximum atomic E-state index is 12.7. The van der Waals surface area contributed by atoms with Crippen molar-refractivity contribution in [2.45, 2.75) is 46.5 Å². The van der Waals surface area contributed by atoms with Crippen LogP contribution in [0.15, 0.2) is 0 Å². The van der Waals surface area contributed by atoms with E-state index in [1.54, 1.807) is 4.90 Å². The van der Waals surface area contributed by atoms with E-state index in [9.17, 15) is 9.59 Å². The van der Waals surface area contributed by atoms with Gasteiger partial charge in [-0.25, -0.2) is 0 Å². The summed E-state index contributed by atoms with van der Waals surface area (Å²) in [5.74, 6) is 0.200. The number of hydrogen-bond donors (Lipinski definition) is 0. The number of Topliss-reactive ketones (excluding diaryl/α,β-unsaturated/α-hetero) is 1. The Hall–Kier alpha value is -0.900. The molecular formula is C17H32N2O2. The molecule has 122 valence electrons. The molecule has 0 aromatic carbocycles. The average Bonchev–Trinajstić information content (AvgIpc) is 2.42. The lowest BCUT2D eigenvalue weighted by molar-refractivity contribution is -0.144. The normalized spacial score (nSPS) is 23.2. The molecule has 2 atom stereocenters. The predicted molar refractivity (Wildman–Crippen MR) is 86.1 cm³/mol. The van der Waals surface area contributed by atoms with Gasteiger partial charge in [0.1, 0.15) is 5.78 Å². The third-order valence-corrected chi connectivity index (χ3v) is 4.42. The van der Waals surface area contributed by atoms with Crippen LogP contribution in [-0.4, -0.2) is 55.7 Å². The quantitative estimate of drug-likeness (QED) is 0.782. The lowest BCUT2D eigenvalue weighted by Gasteiger charge is -2.35. The van der Waals surface area contributed by atoms with Gasteiger partial charge in [-0.1, -0.05) is 33.6 Å². The molecule has 1 rings (SSSR count). The van der Waals surface area contributed by atoms with Gasteiger partial charge >= 0.3 is 0 Å². The zero-order valence-corrected chi connectivity index (χ0v) is 14.6. The molecule has 1 aliphatic carbocycles. The van der Waals surface area contributed by atoms with Gasteiger partial charge < -0.3 is 9.80 Å². The van der Waals surface area contributed by atoms with E-state index < -0.39 is 0 Å². The zero-order chi connectivity index (χ0) is 16.2. The molecule has 0 saturated heterocycles. The second-order valence-electron chi connectivity index (χ2n) is 7.67. The van der Waals surface area contributed by atoms with Gasteiger partial charge in [0.05, 0.1) is 0 Å². The fraction of sp³-hybridized carbons (Fsp3) is 0.882. The number of nitrogens with zero attached hydrogens (tertiary/aromatic N) is 2. The molecule has 0 aromatic heterocycles. The Bertz CT molecular complexity index is 371. The van der Waals surface area contributed by atoms with Crippen LogP contribution in [0.2, 0.25) is 0 Å². The van der Waals surface area contributed by atoms with Crippen LogP contribution in [0.25, 0.3) is 0 Å². The molecule has 0 bridgehead atoms. The Morgan fingerprint density at radius 3 is 1.95 bits per heavy atom. The number of amides is 1. The summed E-state index contributed by atoms with van der Waals surface area (Å²) in [7, 11) is 5.87. The molecule has 21 heavy (non-hydrogen) atoms. The highest BCUT2D eigenvalue weighted by Crippen LogP contribution is 2.36. The summed E-state index contributed by atoms with van der Waals surface area (Å²) >= 11 is 0. The van der Waals surface area contributed by atoms with Crippen molar-refractivity contribution >= 4 is 11.7 Å². The summed E-state index contributed by atoms with van der Waals surface area (Å²) in [4.78, 5) is 29.2. The molecule has 1 aliphatic rings. The van der Waals surface area contributed by atoms with E-state index in [1.807, 2.05) is 41.9 Å². The Morgan fingerprint density at radius 2 is 1.48 bits per heavy atom. The van der Waals surface area contributed by atoms with E-state index in [-0.39, 0.29) is 28.9 Å². The molecular weight excluding hydrogens is 264 g/mol. The number of carbonyl (C=O) groups is 2. The van der Waals surface area contributed by atoms with Crippen LogP contribution >= 0.6 is 0 Å². The first-order valence-electron chi connectivity index (χ1n) is 8.08. The topological polar surface area (TPSA) is 40.6 Å². The van der Waals surface area contributed by atoms with Crippen LogP contribution in [0.5, 0.6) is 0 Å². The molecule has 1 unspecified atom stereocenters. The first-order valence-corrected chi connectivity index (χ1v) is 8.08. The minimum atomic E-state index is -0.358. The Balaban J connectivity index is 2.76. The van der Waals surface area contributed by atoms with Gasteiger partial charge in [0.15, 0.2) is 0 Å². The third-order valence-electron chi connectivity index (χ3n) is 4.42. The monoisotopic (exact) mass is 296 g/mol. The van der Waals surface area contributed by atoms with Crippen molar-refractivity contribution in [1.29, 1.82) is 0 Å². The molecule has 0 aliphatic heterocycles. The smallest absolute Gasteiger partial charge is 0.226 e. The predicted octanol–water partition coefficient (Wildman–Crippen LogP) is 2.43. The minimum Gasteiger partial charge on any atom is -0.344 e. The maximum absolute atomic E-state index is 12.7. The second-order valence-corrected chi connectivity index (χ2v) is 7.67. The standard InChI is InChI=1S/C17H32N2O2/c1-17(2,3)15(20)13-9-7-8-10-14(13)16(21)19(6)12-11-18(4)5/h13-14H,7-12H2,1-6H3/t13-,14?/m0/s1. The fourth-order valence-corrected chi connectivity index (χ4v) is 3.04. The largest absolute Gasteiger partial charge is 0.344 e. The SMILES string of the molecule is CN(C)CCN(C)C(=O)C1CCCC[C@@H]1C(=O)C(C)(C)C. The molecule has 0 N–H and O–H groups in total. The second kappa shape index (κ2) is 7.39. The van der Waals surface area contributed by atoms with Gasteiger partial charge in [-0.3, -0.25) is 9.59 Å². The summed E-state index contributed by atoms with van der Waals surface area (Å²) < 4.78 is 0.